The van der Waals surface area contributed by atoms with Crippen molar-refractivity contribution >= 4 is 28.6 Å². The summed E-state index contributed by atoms with van der Waals surface area (Å²) in [5.41, 5.74) is 4.55. The molecule has 2 nitrogen and oxygen atoms in total. The summed E-state index contributed by atoms with van der Waals surface area (Å²) in [6.07, 6.45) is 0. The molecule has 0 unspecified atom stereocenters. The number of rotatable bonds is 4. The number of hydrogen-bond acceptors (Lipinski definition) is 3. The lowest BCUT2D eigenvalue weighted by Crippen LogP contribution is -1.99. The van der Waals surface area contributed by atoms with Crippen molar-refractivity contribution in [3.05, 3.63) is 69.9 Å². The lowest BCUT2D eigenvalue weighted by Gasteiger charge is -2.08. The van der Waals surface area contributed by atoms with Gasteiger partial charge in [0.25, 0.3) is 0 Å². The number of benzene rings is 2. The van der Waals surface area contributed by atoms with Gasteiger partial charge >= 0.3 is 0 Å². The Balaban J connectivity index is 1.66. The van der Waals surface area contributed by atoms with Crippen LogP contribution in [0.25, 0.3) is 11.1 Å². The third-order valence-electron chi connectivity index (χ3n) is 3.25. The van der Waals surface area contributed by atoms with Crippen molar-refractivity contribution in [3.8, 4) is 16.9 Å². The third-order valence-corrected chi connectivity index (χ3v) is 4.23. The van der Waals surface area contributed by atoms with E-state index < -0.39 is 0 Å². The first-order valence-corrected chi connectivity index (χ1v) is 7.88. The average molecular weight is 316 g/mol. The van der Waals surface area contributed by atoms with Gasteiger partial charge in [-0.2, -0.15) is 11.3 Å². The Morgan fingerprint density at radius 2 is 1.81 bits per heavy atom. The van der Waals surface area contributed by atoms with Gasteiger partial charge in [0.05, 0.1) is 5.02 Å². The molecule has 2 N–H and O–H groups in total. The largest absolute Gasteiger partial charge is 0.506 e. The summed E-state index contributed by atoms with van der Waals surface area (Å²) in [5, 5.41) is 17.3. The fourth-order valence-corrected chi connectivity index (χ4v) is 2.94. The number of nitrogens with one attached hydrogen (secondary N) is 1. The van der Waals surface area contributed by atoms with Crippen LogP contribution in [0.5, 0.6) is 5.75 Å². The summed E-state index contributed by atoms with van der Waals surface area (Å²) in [6, 6.07) is 15.7. The fraction of sp³-hybridized carbons (Fsp3) is 0.0588. The standard InChI is InChI=1S/C17H14ClNOS/c18-16-9-12(1-6-17(16)20)10-19-15-4-2-13(3-5-15)14-7-8-21-11-14/h1-9,11,19-20H,10H2. The Morgan fingerprint density at radius 1 is 1.00 bits per heavy atom. The third kappa shape index (κ3) is 3.38. The molecule has 0 aliphatic heterocycles. The predicted molar refractivity (Wildman–Crippen MR) is 90.2 cm³/mol. The molecule has 0 atom stereocenters. The highest BCUT2D eigenvalue weighted by Crippen LogP contribution is 2.25. The number of anilines is 1. The molecule has 0 aliphatic carbocycles. The molecule has 0 aliphatic rings. The zero-order valence-corrected chi connectivity index (χ0v) is 12.8. The van der Waals surface area contributed by atoms with Gasteiger partial charge in [-0.15, -0.1) is 0 Å². The van der Waals surface area contributed by atoms with E-state index in [1.165, 1.54) is 11.1 Å². The first-order valence-electron chi connectivity index (χ1n) is 6.56. The molecule has 0 spiro atoms. The molecule has 1 aromatic heterocycles. The van der Waals surface area contributed by atoms with Crippen molar-refractivity contribution in [2.45, 2.75) is 6.54 Å². The predicted octanol–water partition coefficient (Wildman–Crippen LogP) is 5.39. The lowest BCUT2D eigenvalue weighted by atomic mass is 10.1. The second-order valence-corrected chi connectivity index (χ2v) is 5.92. The number of phenolic OH excluding ortho intramolecular Hbond substituents is 1. The van der Waals surface area contributed by atoms with Crippen molar-refractivity contribution in [3.63, 3.8) is 0 Å². The summed E-state index contributed by atoms with van der Waals surface area (Å²) in [5.74, 6) is 0.112. The molecular formula is C17H14ClNOS. The van der Waals surface area contributed by atoms with E-state index in [0.29, 0.717) is 11.6 Å². The average Bonchev–Trinajstić information content (AvgIpc) is 3.03. The minimum atomic E-state index is 0.112. The highest BCUT2D eigenvalue weighted by atomic mass is 35.5. The van der Waals surface area contributed by atoms with Gasteiger partial charge in [-0.25, -0.2) is 0 Å². The van der Waals surface area contributed by atoms with Gasteiger partial charge in [-0.05, 0) is 57.8 Å². The molecule has 0 saturated carbocycles. The quantitative estimate of drug-likeness (QED) is 0.677. The SMILES string of the molecule is Oc1ccc(CNc2ccc(-c3ccsc3)cc2)cc1Cl. The van der Waals surface area contributed by atoms with E-state index in [4.69, 9.17) is 11.6 Å². The Hall–Kier alpha value is -1.97. The maximum absolute atomic E-state index is 9.40. The van der Waals surface area contributed by atoms with E-state index in [0.717, 1.165) is 11.3 Å². The highest BCUT2D eigenvalue weighted by Gasteiger charge is 2.01. The number of phenols is 1. The molecule has 106 valence electrons. The summed E-state index contributed by atoms with van der Waals surface area (Å²) in [6.45, 7) is 0.664. The van der Waals surface area contributed by atoms with Gasteiger partial charge in [0, 0.05) is 12.2 Å². The molecule has 0 fully saturated rings. The normalized spacial score (nSPS) is 10.5. The van der Waals surface area contributed by atoms with Gasteiger partial charge in [-0.3, -0.25) is 0 Å². The molecule has 21 heavy (non-hydrogen) atoms. The number of halogens is 1. The minimum absolute atomic E-state index is 0.112. The highest BCUT2D eigenvalue weighted by molar-refractivity contribution is 7.08. The van der Waals surface area contributed by atoms with Crippen molar-refractivity contribution in [2.24, 2.45) is 0 Å². The Morgan fingerprint density at radius 3 is 2.48 bits per heavy atom. The van der Waals surface area contributed by atoms with E-state index >= 15 is 0 Å². The van der Waals surface area contributed by atoms with E-state index in [9.17, 15) is 5.11 Å². The van der Waals surface area contributed by atoms with Crippen molar-refractivity contribution in [1.82, 2.24) is 0 Å². The molecule has 2 aromatic carbocycles. The fourth-order valence-electron chi connectivity index (χ4n) is 2.07. The Kier molecular flexibility index (Phi) is 4.13. The molecular weight excluding hydrogens is 302 g/mol. The van der Waals surface area contributed by atoms with Crippen LogP contribution < -0.4 is 5.32 Å². The summed E-state index contributed by atoms with van der Waals surface area (Å²) in [4.78, 5) is 0. The zero-order chi connectivity index (χ0) is 14.7. The molecule has 1 heterocycles. The minimum Gasteiger partial charge on any atom is -0.506 e. The molecule has 3 rings (SSSR count). The summed E-state index contributed by atoms with van der Waals surface area (Å²) < 4.78 is 0. The molecule has 0 radical (unpaired) electrons. The summed E-state index contributed by atoms with van der Waals surface area (Å²) in [7, 11) is 0. The zero-order valence-electron chi connectivity index (χ0n) is 11.2. The van der Waals surface area contributed by atoms with Crippen molar-refractivity contribution in [2.75, 3.05) is 5.32 Å². The van der Waals surface area contributed by atoms with Gasteiger partial charge in [0.1, 0.15) is 5.75 Å². The van der Waals surface area contributed by atoms with Gasteiger partial charge in [0.15, 0.2) is 0 Å². The first kappa shape index (κ1) is 14.0. The van der Waals surface area contributed by atoms with Crippen molar-refractivity contribution < 1.29 is 5.11 Å². The number of aromatic hydroxyl groups is 1. The Labute approximate surface area is 132 Å². The van der Waals surface area contributed by atoms with Crippen molar-refractivity contribution in [1.29, 1.82) is 0 Å². The van der Waals surface area contributed by atoms with Crippen LogP contribution in [0.15, 0.2) is 59.3 Å². The van der Waals surface area contributed by atoms with Gasteiger partial charge in [-0.1, -0.05) is 29.8 Å². The van der Waals surface area contributed by atoms with Crippen LogP contribution in [0.4, 0.5) is 5.69 Å². The summed E-state index contributed by atoms with van der Waals surface area (Å²) >= 11 is 7.60. The van der Waals surface area contributed by atoms with E-state index in [-0.39, 0.29) is 5.75 Å². The van der Waals surface area contributed by atoms with Crippen LogP contribution in [0, 0.1) is 0 Å². The number of thiophene rings is 1. The van der Waals surface area contributed by atoms with Crippen LogP contribution >= 0.6 is 22.9 Å². The van der Waals surface area contributed by atoms with Crippen LogP contribution in [0.2, 0.25) is 5.02 Å². The molecule has 4 heteroatoms. The maximum atomic E-state index is 9.40. The van der Waals surface area contributed by atoms with E-state index in [1.54, 1.807) is 23.5 Å². The molecule has 0 amide bonds. The van der Waals surface area contributed by atoms with Crippen LogP contribution in [-0.4, -0.2) is 5.11 Å². The molecule has 0 saturated heterocycles. The second-order valence-electron chi connectivity index (χ2n) is 4.73. The Bertz CT molecular complexity index is 723. The van der Waals surface area contributed by atoms with Gasteiger partial charge < -0.3 is 10.4 Å². The van der Waals surface area contributed by atoms with E-state index in [2.05, 4.69) is 46.4 Å². The van der Waals surface area contributed by atoms with Crippen LogP contribution in [0.3, 0.4) is 0 Å². The first-order chi connectivity index (χ1) is 10.2. The van der Waals surface area contributed by atoms with E-state index in [1.807, 2.05) is 6.07 Å². The molecule has 0 bridgehead atoms. The second kappa shape index (κ2) is 6.20. The molecule has 3 aromatic rings. The monoisotopic (exact) mass is 315 g/mol. The lowest BCUT2D eigenvalue weighted by molar-refractivity contribution is 0.475. The van der Waals surface area contributed by atoms with Crippen LogP contribution in [-0.2, 0) is 6.54 Å². The smallest absolute Gasteiger partial charge is 0.134 e. The number of hydrogen-bond donors (Lipinski definition) is 2. The van der Waals surface area contributed by atoms with Crippen LogP contribution in [0.1, 0.15) is 5.56 Å². The maximum Gasteiger partial charge on any atom is 0.134 e. The topological polar surface area (TPSA) is 32.3 Å². The van der Waals surface area contributed by atoms with Gasteiger partial charge in [0.2, 0.25) is 0 Å².